The summed E-state index contributed by atoms with van der Waals surface area (Å²) in [5, 5.41) is 21.5. The van der Waals surface area contributed by atoms with Crippen LogP contribution in [0.15, 0.2) is 53.7 Å². The molecule has 1 unspecified atom stereocenters. The molecule has 0 bridgehead atoms. The minimum absolute atomic E-state index is 0.166. The van der Waals surface area contributed by atoms with Crippen LogP contribution in [0, 0.1) is 17.2 Å². The highest BCUT2D eigenvalue weighted by Gasteiger charge is 2.21. The average Bonchev–Trinajstić information content (AvgIpc) is 3.16. The van der Waals surface area contributed by atoms with E-state index in [0.29, 0.717) is 45.5 Å². The number of anilines is 1. The van der Waals surface area contributed by atoms with Gasteiger partial charge in [0, 0.05) is 12.2 Å². The number of amides is 1. The van der Waals surface area contributed by atoms with E-state index < -0.39 is 0 Å². The number of thioether (sulfide) groups is 1. The quantitative estimate of drug-likeness (QED) is 0.426. The zero-order valence-electron chi connectivity index (χ0n) is 18.1. The number of nitrogens with one attached hydrogen (secondary N) is 1. The number of benzene rings is 2. The molecule has 0 aliphatic rings. The van der Waals surface area contributed by atoms with Crippen molar-refractivity contribution in [2.24, 2.45) is 5.92 Å². The Kier molecular flexibility index (Phi) is 8.14. The Morgan fingerprint density at radius 2 is 1.91 bits per heavy atom. The van der Waals surface area contributed by atoms with Gasteiger partial charge < -0.3 is 14.6 Å². The molecule has 1 amide bonds. The van der Waals surface area contributed by atoms with Gasteiger partial charge in [0.05, 0.1) is 22.4 Å². The normalized spacial score (nSPS) is 11.8. The first kappa shape index (κ1) is 23.6. The number of nitrogens with zero attached hydrogens (tertiary/aromatic N) is 4. The van der Waals surface area contributed by atoms with E-state index in [-0.39, 0.29) is 17.8 Å². The molecular weight excluding hydrogens is 446 g/mol. The average molecular weight is 470 g/mol. The predicted octanol–water partition coefficient (Wildman–Crippen LogP) is 5.33. The largest absolute Gasteiger partial charge is 0.481 e. The molecule has 1 atom stereocenters. The van der Waals surface area contributed by atoms with Gasteiger partial charge in [0.25, 0.3) is 0 Å². The summed E-state index contributed by atoms with van der Waals surface area (Å²) >= 11 is 7.54. The van der Waals surface area contributed by atoms with Crippen molar-refractivity contribution in [2.75, 3.05) is 11.1 Å². The predicted molar refractivity (Wildman–Crippen MR) is 126 cm³/mol. The molecule has 32 heavy (non-hydrogen) atoms. The van der Waals surface area contributed by atoms with Gasteiger partial charge in [-0.2, -0.15) is 5.26 Å². The third-order valence-corrected chi connectivity index (χ3v) is 5.71. The Morgan fingerprint density at radius 3 is 2.56 bits per heavy atom. The number of aromatic nitrogens is 3. The van der Waals surface area contributed by atoms with Gasteiger partial charge in [-0.25, -0.2) is 0 Å². The van der Waals surface area contributed by atoms with Gasteiger partial charge in [0.2, 0.25) is 5.91 Å². The smallest absolute Gasteiger partial charge is 0.234 e. The van der Waals surface area contributed by atoms with E-state index >= 15 is 0 Å². The summed E-state index contributed by atoms with van der Waals surface area (Å²) in [5.74, 6) is 1.62. The number of hydrogen-bond acceptors (Lipinski definition) is 6. The summed E-state index contributed by atoms with van der Waals surface area (Å²) in [5.41, 5.74) is 1.18. The standard InChI is InChI=1S/C23H24ClN5O2S/c1-15(2)13-29-22(16(3)31-20-7-5-4-6-19(20)24)27-28-23(29)32-14-21(30)26-18-10-8-17(12-25)9-11-18/h4-11,15-16H,13-14H2,1-3H3,(H,26,30). The molecule has 0 aliphatic carbocycles. The van der Waals surface area contributed by atoms with Crippen LogP contribution in [0.2, 0.25) is 5.02 Å². The van der Waals surface area contributed by atoms with Crippen LogP contribution in [-0.4, -0.2) is 26.4 Å². The summed E-state index contributed by atoms with van der Waals surface area (Å²) < 4.78 is 8.02. The fraction of sp³-hybridized carbons (Fsp3) is 0.304. The van der Waals surface area contributed by atoms with Gasteiger partial charge in [0.1, 0.15) is 5.75 Å². The van der Waals surface area contributed by atoms with Crippen LogP contribution >= 0.6 is 23.4 Å². The Hall–Kier alpha value is -3.02. The number of para-hydroxylation sites is 1. The van der Waals surface area contributed by atoms with Crippen molar-refractivity contribution in [1.82, 2.24) is 14.8 Å². The van der Waals surface area contributed by atoms with Gasteiger partial charge in [-0.15, -0.1) is 10.2 Å². The van der Waals surface area contributed by atoms with E-state index in [2.05, 4.69) is 35.4 Å². The molecule has 0 saturated heterocycles. The summed E-state index contributed by atoms with van der Waals surface area (Å²) in [6, 6.07) is 16.1. The number of hydrogen-bond donors (Lipinski definition) is 1. The topological polar surface area (TPSA) is 92.8 Å². The number of nitriles is 1. The molecule has 3 aromatic rings. The third-order valence-electron chi connectivity index (χ3n) is 4.43. The number of carbonyl (C=O) groups excluding carboxylic acids is 1. The van der Waals surface area contributed by atoms with E-state index in [1.54, 1.807) is 30.3 Å². The molecule has 1 aromatic heterocycles. The van der Waals surface area contributed by atoms with Crippen LogP contribution in [0.25, 0.3) is 0 Å². The molecule has 0 radical (unpaired) electrons. The molecule has 2 aromatic carbocycles. The van der Waals surface area contributed by atoms with Crippen molar-refractivity contribution >= 4 is 35.0 Å². The van der Waals surface area contributed by atoms with Crippen molar-refractivity contribution < 1.29 is 9.53 Å². The second-order valence-corrected chi connectivity index (χ2v) is 8.91. The van der Waals surface area contributed by atoms with Crippen molar-refractivity contribution in [1.29, 1.82) is 5.26 Å². The lowest BCUT2D eigenvalue weighted by molar-refractivity contribution is -0.113. The van der Waals surface area contributed by atoms with E-state index in [1.807, 2.05) is 29.7 Å². The number of ether oxygens (including phenoxy) is 1. The first-order valence-electron chi connectivity index (χ1n) is 10.1. The Balaban J connectivity index is 1.69. The van der Waals surface area contributed by atoms with Crippen molar-refractivity contribution in [2.45, 2.75) is 38.6 Å². The lowest BCUT2D eigenvalue weighted by Crippen LogP contribution is -2.17. The highest BCUT2D eigenvalue weighted by atomic mass is 35.5. The lowest BCUT2D eigenvalue weighted by atomic mass is 10.2. The zero-order chi connectivity index (χ0) is 23.1. The molecule has 0 aliphatic heterocycles. The maximum Gasteiger partial charge on any atom is 0.234 e. The van der Waals surface area contributed by atoms with Crippen molar-refractivity contribution in [3.8, 4) is 11.8 Å². The summed E-state index contributed by atoms with van der Waals surface area (Å²) in [7, 11) is 0. The second kappa shape index (κ2) is 11.0. The zero-order valence-corrected chi connectivity index (χ0v) is 19.7. The number of carbonyl (C=O) groups is 1. The SMILES string of the molecule is CC(C)Cn1c(SCC(=O)Nc2ccc(C#N)cc2)nnc1C(C)Oc1ccccc1Cl. The van der Waals surface area contributed by atoms with Crippen LogP contribution in [0.5, 0.6) is 5.75 Å². The maximum absolute atomic E-state index is 12.4. The van der Waals surface area contributed by atoms with Crippen LogP contribution in [-0.2, 0) is 11.3 Å². The molecule has 0 fully saturated rings. The minimum atomic E-state index is -0.372. The molecular formula is C23H24ClN5O2S. The second-order valence-electron chi connectivity index (χ2n) is 7.56. The molecule has 1 heterocycles. The summed E-state index contributed by atoms with van der Waals surface area (Å²) in [6.45, 7) is 6.80. The van der Waals surface area contributed by atoms with Crippen molar-refractivity contribution in [3.05, 3.63) is 64.9 Å². The molecule has 3 rings (SSSR count). The third kappa shape index (κ3) is 6.25. The van der Waals surface area contributed by atoms with E-state index in [4.69, 9.17) is 21.6 Å². The highest BCUT2D eigenvalue weighted by Crippen LogP contribution is 2.30. The molecule has 0 saturated carbocycles. The summed E-state index contributed by atoms with van der Waals surface area (Å²) in [6.07, 6.45) is -0.372. The Bertz CT molecular complexity index is 1110. The van der Waals surface area contributed by atoms with Crippen LogP contribution in [0.4, 0.5) is 5.69 Å². The van der Waals surface area contributed by atoms with Crippen LogP contribution < -0.4 is 10.1 Å². The van der Waals surface area contributed by atoms with E-state index in [9.17, 15) is 4.79 Å². The lowest BCUT2D eigenvalue weighted by Gasteiger charge is -2.18. The monoisotopic (exact) mass is 469 g/mol. The van der Waals surface area contributed by atoms with E-state index in [0.717, 1.165) is 0 Å². The van der Waals surface area contributed by atoms with Gasteiger partial charge in [0.15, 0.2) is 17.1 Å². The molecule has 1 N–H and O–H groups in total. The van der Waals surface area contributed by atoms with Crippen molar-refractivity contribution in [3.63, 3.8) is 0 Å². The number of halogens is 1. The van der Waals surface area contributed by atoms with Crippen LogP contribution in [0.3, 0.4) is 0 Å². The number of rotatable bonds is 9. The van der Waals surface area contributed by atoms with Gasteiger partial charge >= 0.3 is 0 Å². The highest BCUT2D eigenvalue weighted by molar-refractivity contribution is 7.99. The first-order valence-corrected chi connectivity index (χ1v) is 11.5. The molecule has 166 valence electrons. The fourth-order valence-electron chi connectivity index (χ4n) is 2.98. The van der Waals surface area contributed by atoms with Crippen LogP contribution in [0.1, 0.15) is 38.3 Å². The first-order chi connectivity index (χ1) is 15.4. The minimum Gasteiger partial charge on any atom is -0.481 e. The van der Waals surface area contributed by atoms with E-state index in [1.165, 1.54) is 11.8 Å². The van der Waals surface area contributed by atoms with Gasteiger partial charge in [-0.1, -0.05) is 49.3 Å². The molecule has 7 nitrogen and oxygen atoms in total. The maximum atomic E-state index is 12.4. The molecule has 9 heteroatoms. The van der Waals surface area contributed by atoms with Gasteiger partial charge in [-0.05, 0) is 49.2 Å². The molecule has 0 spiro atoms. The Morgan fingerprint density at radius 1 is 1.19 bits per heavy atom. The summed E-state index contributed by atoms with van der Waals surface area (Å²) in [4.78, 5) is 12.4. The Labute approximate surface area is 196 Å². The fourth-order valence-corrected chi connectivity index (χ4v) is 3.92. The van der Waals surface area contributed by atoms with Gasteiger partial charge in [-0.3, -0.25) is 4.79 Å².